The average Bonchev–Trinajstić information content (AvgIpc) is 2.23. The molecule has 0 saturated carbocycles. The summed E-state index contributed by atoms with van der Waals surface area (Å²) < 4.78 is 0. The molecule has 0 saturated heterocycles. The first-order chi connectivity index (χ1) is 6.79. The van der Waals surface area contributed by atoms with Crippen molar-refractivity contribution in [3.05, 3.63) is 23.3 Å². The van der Waals surface area contributed by atoms with Crippen LogP contribution in [-0.2, 0) is 0 Å². The maximum absolute atomic E-state index is 9.83. The number of allylic oxidation sites excluding steroid dienone is 2. The highest BCUT2D eigenvalue weighted by atomic mass is 16.3. The number of hydrogen-bond acceptors (Lipinski definition) is 2. The number of aliphatic hydroxyl groups is 2. The summed E-state index contributed by atoms with van der Waals surface area (Å²) in [5.41, 5.74) is 2.26. The predicted octanol–water partition coefficient (Wildman–Crippen LogP) is 1.93. The monoisotopic (exact) mass is 194 g/mol. The third kappa shape index (κ3) is 1.91. The normalized spacial score (nSPS) is 33.6. The second-order valence-corrected chi connectivity index (χ2v) is 4.22. The van der Waals surface area contributed by atoms with Gasteiger partial charge in [0, 0.05) is 0 Å². The lowest BCUT2D eigenvalue weighted by Crippen LogP contribution is -2.31. The van der Waals surface area contributed by atoms with Crippen LogP contribution < -0.4 is 0 Å². The molecule has 0 bridgehead atoms. The molecule has 2 unspecified atom stereocenters. The van der Waals surface area contributed by atoms with Crippen molar-refractivity contribution in [2.24, 2.45) is 0 Å². The molecule has 2 N–H and O–H groups in total. The molecule has 2 heteroatoms. The molecule has 14 heavy (non-hydrogen) atoms. The summed E-state index contributed by atoms with van der Waals surface area (Å²) in [6.07, 6.45) is 9.35. The van der Waals surface area contributed by atoms with Gasteiger partial charge in [0.25, 0.3) is 0 Å². The van der Waals surface area contributed by atoms with Crippen LogP contribution in [0.4, 0.5) is 0 Å². The van der Waals surface area contributed by atoms with Gasteiger partial charge in [-0.1, -0.05) is 12.2 Å². The third-order valence-corrected chi connectivity index (χ3v) is 3.17. The Morgan fingerprint density at radius 1 is 1.07 bits per heavy atom. The van der Waals surface area contributed by atoms with Gasteiger partial charge in [-0.25, -0.2) is 0 Å². The van der Waals surface area contributed by atoms with E-state index < -0.39 is 12.2 Å². The highest BCUT2D eigenvalue weighted by Crippen LogP contribution is 2.30. The Labute approximate surface area is 85.0 Å². The Morgan fingerprint density at radius 3 is 2.64 bits per heavy atom. The van der Waals surface area contributed by atoms with Gasteiger partial charge in [-0.05, 0) is 49.7 Å². The Kier molecular flexibility index (Phi) is 3.04. The molecule has 0 fully saturated rings. The zero-order valence-corrected chi connectivity index (χ0v) is 8.45. The van der Waals surface area contributed by atoms with Crippen molar-refractivity contribution in [3.8, 4) is 0 Å². The minimum absolute atomic E-state index is 0.558. The summed E-state index contributed by atoms with van der Waals surface area (Å²) in [7, 11) is 0. The molecular weight excluding hydrogens is 176 g/mol. The van der Waals surface area contributed by atoms with Gasteiger partial charge in [0.15, 0.2) is 0 Å². The highest BCUT2D eigenvalue weighted by molar-refractivity contribution is 5.37. The minimum Gasteiger partial charge on any atom is -0.390 e. The molecule has 0 aliphatic heterocycles. The molecule has 2 aliphatic carbocycles. The molecule has 0 aromatic heterocycles. The standard InChI is InChI=1S/C12H18O2/c13-11-8-4-7-10(12(11)14)9-5-2-1-3-6-9/h5,7,11-14H,1-4,6,8H2. The van der Waals surface area contributed by atoms with Crippen molar-refractivity contribution in [2.75, 3.05) is 0 Å². The first-order valence-electron chi connectivity index (χ1n) is 5.54. The molecule has 0 heterocycles. The molecular formula is C12H18O2. The fourth-order valence-electron chi connectivity index (χ4n) is 2.32. The van der Waals surface area contributed by atoms with E-state index in [2.05, 4.69) is 12.2 Å². The van der Waals surface area contributed by atoms with E-state index >= 15 is 0 Å². The summed E-state index contributed by atoms with van der Waals surface area (Å²) in [4.78, 5) is 0. The van der Waals surface area contributed by atoms with Crippen molar-refractivity contribution in [3.63, 3.8) is 0 Å². The summed E-state index contributed by atoms with van der Waals surface area (Å²) in [5.74, 6) is 0. The van der Waals surface area contributed by atoms with E-state index in [9.17, 15) is 10.2 Å². The van der Waals surface area contributed by atoms with Crippen LogP contribution in [0.15, 0.2) is 23.3 Å². The van der Waals surface area contributed by atoms with Gasteiger partial charge in [0.05, 0.1) is 6.10 Å². The van der Waals surface area contributed by atoms with Crippen molar-refractivity contribution in [1.29, 1.82) is 0 Å². The Morgan fingerprint density at radius 2 is 1.93 bits per heavy atom. The molecule has 0 aromatic rings. The van der Waals surface area contributed by atoms with E-state index in [1.54, 1.807) is 0 Å². The summed E-state index contributed by atoms with van der Waals surface area (Å²) >= 11 is 0. The molecule has 0 amide bonds. The first-order valence-corrected chi connectivity index (χ1v) is 5.54. The summed E-state index contributed by atoms with van der Waals surface area (Å²) in [6.45, 7) is 0. The molecule has 2 rings (SSSR count). The quantitative estimate of drug-likeness (QED) is 0.669. The second-order valence-electron chi connectivity index (χ2n) is 4.22. The van der Waals surface area contributed by atoms with Crippen LogP contribution in [0.3, 0.4) is 0 Å². The van der Waals surface area contributed by atoms with E-state index in [1.807, 2.05) is 0 Å². The van der Waals surface area contributed by atoms with Crippen LogP contribution in [0, 0.1) is 0 Å². The first kappa shape index (κ1) is 9.94. The lowest BCUT2D eigenvalue weighted by atomic mass is 9.84. The van der Waals surface area contributed by atoms with Crippen molar-refractivity contribution < 1.29 is 10.2 Å². The van der Waals surface area contributed by atoms with Crippen LogP contribution in [-0.4, -0.2) is 22.4 Å². The third-order valence-electron chi connectivity index (χ3n) is 3.17. The van der Waals surface area contributed by atoms with E-state index in [0.29, 0.717) is 6.42 Å². The van der Waals surface area contributed by atoms with E-state index in [1.165, 1.54) is 18.4 Å². The number of rotatable bonds is 1. The zero-order valence-electron chi connectivity index (χ0n) is 8.45. The van der Waals surface area contributed by atoms with E-state index in [-0.39, 0.29) is 0 Å². The summed E-state index contributed by atoms with van der Waals surface area (Å²) in [6, 6.07) is 0. The predicted molar refractivity (Wildman–Crippen MR) is 55.9 cm³/mol. The van der Waals surface area contributed by atoms with Crippen LogP contribution in [0.25, 0.3) is 0 Å². The largest absolute Gasteiger partial charge is 0.390 e. The number of aliphatic hydroxyl groups excluding tert-OH is 2. The smallest absolute Gasteiger partial charge is 0.105 e. The molecule has 2 aliphatic rings. The van der Waals surface area contributed by atoms with Gasteiger partial charge in [0.2, 0.25) is 0 Å². The summed E-state index contributed by atoms with van der Waals surface area (Å²) in [5, 5.41) is 19.4. The fraction of sp³-hybridized carbons (Fsp3) is 0.667. The van der Waals surface area contributed by atoms with E-state index in [4.69, 9.17) is 0 Å². The van der Waals surface area contributed by atoms with Crippen LogP contribution in [0.2, 0.25) is 0 Å². The second kappa shape index (κ2) is 4.28. The molecule has 0 spiro atoms. The maximum atomic E-state index is 9.83. The Hall–Kier alpha value is -0.600. The maximum Gasteiger partial charge on any atom is 0.105 e. The molecule has 0 radical (unpaired) electrons. The fourth-order valence-corrected chi connectivity index (χ4v) is 2.32. The van der Waals surface area contributed by atoms with Crippen molar-refractivity contribution >= 4 is 0 Å². The molecule has 78 valence electrons. The lowest BCUT2D eigenvalue weighted by molar-refractivity contribution is 0.0324. The van der Waals surface area contributed by atoms with Gasteiger partial charge >= 0.3 is 0 Å². The van der Waals surface area contributed by atoms with Crippen LogP contribution in [0.1, 0.15) is 38.5 Å². The topological polar surface area (TPSA) is 40.5 Å². The molecule has 2 atom stereocenters. The Balaban J connectivity index is 2.16. The van der Waals surface area contributed by atoms with E-state index in [0.717, 1.165) is 24.8 Å². The zero-order chi connectivity index (χ0) is 9.97. The molecule has 0 aromatic carbocycles. The highest BCUT2D eigenvalue weighted by Gasteiger charge is 2.26. The van der Waals surface area contributed by atoms with Crippen LogP contribution in [0.5, 0.6) is 0 Å². The van der Waals surface area contributed by atoms with Gasteiger partial charge in [-0.15, -0.1) is 0 Å². The number of hydrogen-bond donors (Lipinski definition) is 2. The van der Waals surface area contributed by atoms with Crippen LogP contribution >= 0.6 is 0 Å². The van der Waals surface area contributed by atoms with Gasteiger partial charge in [0.1, 0.15) is 6.10 Å². The average molecular weight is 194 g/mol. The lowest BCUT2D eigenvalue weighted by Gasteiger charge is -2.27. The van der Waals surface area contributed by atoms with Crippen molar-refractivity contribution in [2.45, 2.75) is 50.7 Å². The van der Waals surface area contributed by atoms with Crippen molar-refractivity contribution in [1.82, 2.24) is 0 Å². The van der Waals surface area contributed by atoms with Gasteiger partial charge in [-0.3, -0.25) is 0 Å². The SMILES string of the molecule is OC1CCC=C(C2=CCCCC2)C1O. The molecule has 2 nitrogen and oxygen atoms in total. The van der Waals surface area contributed by atoms with Gasteiger partial charge in [-0.2, -0.15) is 0 Å². The Bertz CT molecular complexity index is 265. The minimum atomic E-state index is -0.645. The van der Waals surface area contributed by atoms with Gasteiger partial charge < -0.3 is 10.2 Å².